The fraction of sp³-hybridized carbons (Fsp3) is 0.273. The van der Waals surface area contributed by atoms with Gasteiger partial charge in [-0.25, -0.2) is 8.42 Å². The maximum Gasteiger partial charge on any atom is 0.244 e. The maximum atomic E-state index is 12.2. The topological polar surface area (TPSA) is 118 Å². The lowest BCUT2D eigenvalue weighted by molar-refractivity contribution is -0.134. The Labute approximate surface area is 124 Å². The molecule has 1 aromatic carbocycles. The summed E-state index contributed by atoms with van der Waals surface area (Å²) >= 11 is 3.16. The van der Waals surface area contributed by atoms with Gasteiger partial charge in [0.15, 0.2) is 0 Å². The van der Waals surface area contributed by atoms with Crippen LogP contribution in [0.25, 0.3) is 0 Å². The summed E-state index contributed by atoms with van der Waals surface area (Å²) in [4.78, 5) is 22.5. The lowest BCUT2D eigenvalue weighted by atomic mass is 10.1. The Bertz CT molecular complexity index is 674. The van der Waals surface area contributed by atoms with Crippen LogP contribution >= 0.6 is 15.9 Å². The van der Waals surface area contributed by atoms with Crippen molar-refractivity contribution >= 4 is 43.5 Å². The number of nitrogens with two attached hydrogens (primary N) is 1. The minimum Gasteiger partial charge on any atom is -0.398 e. The van der Waals surface area contributed by atoms with Crippen molar-refractivity contribution in [1.29, 1.82) is 0 Å². The van der Waals surface area contributed by atoms with Gasteiger partial charge in [-0.1, -0.05) is 15.9 Å². The van der Waals surface area contributed by atoms with Crippen molar-refractivity contribution in [3.8, 4) is 0 Å². The first kappa shape index (κ1) is 14.9. The predicted octanol–water partition coefficient (Wildman–Crippen LogP) is 0.115. The highest BCUT2D eigenvalue weighted by Crippen LogP contribution is 2.23. The van der Waals surface area contributed by atoms with E-state index in [0.29, 0.717) is 4.47 Å². The van der Waals surface area contributed by atoms with Crippen LogP contribution in [0.5, 0.6) is 0 Å². The summed E-state index contributed by atoms with van der Waals surface area (Å²) in [6.45, 7) is 0. The third-order valence-corrected chi connectivity index (χ3v) is 4.82. The molecule has 1 saturated heterocycles. The van der Waals surface area contributed by atoms with Crippen LogP contribution < -0.4 is 15.8 Å². The predicted molar refractivity (Wildman–Crippen MR) is 75.0 cm³/mol. The maximum absolute atomic E-state index is 12.2. The monoisotopic (exact) mass is 361 g/mol. The molecule has 1 heterocycles. The Kier molecular flexibility index (Phi) is 4.11. The van der Waals surface area contributed by atoms with E-state index >= 15 is 0 Å². The van der Waals surface area contributed by atoms with E-state index in [1.807, 2.05) is 0 Å². The summed E-state index contributed by atoms with van der Waals surface area (Å²) in [5.74, 6) is -1.06. The number of hydrogen-bond acceptors (Lipinski definition) is 5. The molecule has 1 unspecified atom stereocenters. The number of carbonyl (C=O) groups excluding carboxylic acids is 2. The number of benzene rings is 1. The number of amides is 2. The molecule has 108 valence electrons. The third kappa shape index (κ3) is 3.17. The van der Waals surface area contributed by atoms with Gasteiger partial charge in [0.05, 0.1) is 5.69 Å². The van der Waals surface area contributed by atoms with Crippen molar-refractivity contribution in [2.75, 3.05) is 5.73 Å². The van der Waals surface area contributed by atoms with Crippen molar-refractivity contribution in [2.24, 2.45) is 0 Å². The summed E-state index contributed by atoms with van der Waals surface area (Å²) in [7, 11) is -3.94. The molecule has 0 aromatic heterocycles. The number of imide groups is 1. The number of carbonyl (C=O) groups is 2. The molecule has 1 aliphatic heterocycles. The van der Waals surface area contributed by atoms with Crippen molar-refractivity contribution in [1.82, 2.24) is 10.0 Å². The molecule has 1 atom stereocenters. The molecule has 0 spiro atoms. The molecule has 1 aliphatic rings. The number of anilines is 1. The van der Waals surface area contributed by atoms with Crippen molar-refractivity contribution in [2.45, 2.75) is 23.8 Å². The van der Waals surface area contributed by atoms with E-state index < -0.39 is 27.9 Å². The Morgan fingerprint density at radius 1 is 1.35 bits per heavy atom. The van der Waals surface area contributed by atoms with Gasteiger partial charge in [-0.15, -0.1) is 0 Å². The number of nitrogen functional groups attached to an aromatic ring is 1. The van der Waals surface area contributed by atoms with Gasteiger partial charge in [0.25, 0.3) is 0 Å². The summed E-state index contributed by atoms with van der Waals surface area (Å²) in [5.41, 5.74) is 5.72. The van der Waals surface area contributed by atoms with Crippen molar-refractivity contribution in [3.05, 3.63) is 22.7 Å². The molecule has 2 amide bonds. The standard InChI is InChI=1S/C11H12BrN3O4S/c12-6-1-2-7(13)9(5-6)20(18,19)15-8-3-4-10(16)14-11(8)17/h1-2,5,8,15H,3-4,13H2,(H,14,16,17). The first-order valence-corrected chi connectivity index (χ1v) is 7.98. The normalized spacial score (nSPS) is 19.8. The smallest absolute Gasteiger partial charge is 0.244 e. The summed E-state index contributed by atoms with van der Waals surface area (Å²) < 4.78 is 27.3. The van der Waals surface area contributed by atoms with Gasteiger partial charge in [0.2, 0.25) is 21.8 Å². The van der Waals surface area contributed by atoms with Gasteiger partial charge in [-0.2, -0.15) is 4.72 Å². The van der Waals surface area contributed by atoms with Crippen molar-refractivity contribution < 1.29 is 18.0 Å². The molecule has 7 nitrogen and oxygen atoms in total. The van der Waals surface area contributed by atoms with E-state index in [0.717, 1.165) is 0 Å². The molecule has 9 heteroatoms. The fourth-order valence-corrected chi connectivity index (χ4v) is 3.70. The lowest BCUT2D eigenvalue weighted by Crippen LogP contribution is -2.52. The van der Waals surface area contributed by atoms with Gasteiger partial charge >= 0.3 is 0 Å². The molecule has 0 aliphatic carbocycles. The zero-order valence-corrected chi connectivity index (χ0v) is 12.6. The quantitative estimate of drug-likeness (QED) is 0.521. The first-order chi connectivity index (χ1) is 9.29. The van der Waals surface area contributed by atoms with Crippen LogP contribution in [0.15, 0.2) is 27.6 Å². The van der Waals surface area contributed by atoms with Gasteiger partial charge in [-0.05, 0) is 24.6 Å². The highest BCUT2D eigenvalue weighted by molar-refractivity contribution is 9.10. The van der Waals surface area contributed by atoms with E-state index in [1.54, 1.807) is 6.07 Å². The van der Waals surface area contributed by atoms with Crippen LogP contribution in [-0.4, -0.2) is 26.3 Å². The molecular formula is C11H12BrN3O4S. The molecule has 4 N–H and O–H groups in total. The second kappa shape index (κ2) is 5.51. The van der Waals surface area contributed by atoms with E-state index in [9.17, 15) is 18.0 Å². The van der Waals surface area contributed by atoms with E-state index in [2.05, 4.69) is 26.0 Å². The lowest BCUT2D eigenvalue weighted by Gasteiger charge is -2.22. The molecule has 1 aromatic rings. The van der Waals surface area contributed by atoms with Crippen molar-refractivity contribution in [3.63, 3.8) is 0 Å². The highest BCUT2D eigenvalue weighted by Gasteiger charge is 2.31. The van der Waals surface area contributed by atoms with Crippen LogP contribution in [-0.2, 0) is 19.6 Å². The average molecular weight is 362 g/mol. The van der Waals surface area contributed by atoms with Gasteiger partial charge in [0.1, 0.15) is 10.9 Å². The Balaban J connectivity index is 2.25. The molecule has 0 radical (unpaired) electrons. The zero-order chi connectivity index (χ0) is 14.9. The van der Waals surface area contributed by atoms with Crippen LogP contribution in [0.2, 0.25) is 0 Å². The number of nitrogens with one attached hydrogen (secondary N) is 2. The van der Waals surface area contributed by atoms with Gasteiger partial charge in [0, 0.05) is 10.9 Å². The van der Waals surface area contributed by atoms with Crippen LogP contribution in [0, 0.1) is 0 Å². The number of piperidine rings is 1. The summed E-state index contributed by atoms with van der Waals surface area (Å²) in [5, 5.41) is 2.08. The second-order valence-corrected chi connectivity index (χ2v) is 6.91. The van der Waals surface area contributed by atoms with Crippen LogP contribution in [0.4, 0.5) is 5.69 Å². The average Bonchev–Trinajstić information content (AvgIpc) is 2.35. The molecule has 2 rings (SSSR count). The molecule has 0 saturated carbocycles. The number of sulfonamides is 1. The van der Waals surface area contributed by atoms with Crippen LogP contribution in [0.1, 0.15) is 12.8 Å². The molecule has 1 fully saturated rings. The third-order valence-electron chi connectivity index (χ3n) is 2.80. The summed E-state index contributed by atoms with van der Waals surface area (Å²) in [6.07, 6.45) is 0.213. The van der Waals surface area contributed by atoms with E-state index in [1.165, 1.54) is 12.1 Å². The summed E-state index contributed by atoms with van der Waals surface area (Å²) in [6, 6.07) is 3.43. The molecule has 0 bridgehead atoms. The van der Waals surface area contributed by atoms with E-state index in [-0.39, 0.29) is 23.4 Å². The number of hydrogen-bond donors (Lipinski definition) is 3. The first-order valence-electron chi connectivity index (χ1n) is 5.70. The fourth-order valence-electron chi connectivity index (χ4n) is 1.80. The second-order valence-electron chi connectivity index (χ2n) is 4.31. The number of halogens is 1. The minimum atomic E-state index is -3.94. The SMILES string of the molecule is Nc1ccc(Br)cc1S(=O)(=O)NC1CCC(=O)NC1=O. The Morgan fingerprint density at radius 2 is 2.05 bits per heavy atom. The van der Waals surface area contributed by atoms with Gasteiger partial charge < -0.3 is 5.73 Å². The number of rotatable bonds is 3. The van der Waals surface area contributed by atoms with Gasteiger partial charge in [-0.3, -0.25) is 14.9 Å². The molecular weight excluding hydrogens is 350 g/mol. The zero-order valence-electron chi connectivity index (χ0n) is 10.2. The Morgan fingerprint density at radius 3 is 2.70 bits per heavy atom. The Hall–Kier alpha value is -1.45. The minimum absolute atomic E-state index is 0.0768. The largest absolute Gasteiger partial charge is 0.398 e. The molecule has 20 heavy (non-hydrogen) atoms. The van der Waals surface area contributed by atoms with E-state index in [4.69, 9.17) is 5.73 Å². The highest BCUT2D eigenvalue weighted by atomic mass is 79.9. The van der Waals surface area contributed by atoms with Crippen LogP contribution in [0.3, 0.4) is 0 Å².